The molecular weight excluding hydrogens is 294 g/mol. The van der Waals surface area contributed by atoms with Crippen molar-refractivity contribution in [1.82, 2.24) is 9.97 Å². The Labute approximate surface area is 145 Å². The Morgan fingerprint density at radius 2 is 1.67 bits per heavy atom. The molecule has 1 aromatic heterocycles. The highest BCUT2D eigenvalue weighted by Gasteiger charge is 2.12. The summed E-state index contributed by atoms with van der Waals surface area (Å²) in [6, 6.07) is 12.3. The van der Waals surface area contributed by atoms with Crippen molar-refractivity contribution >= 4 is 22.4 Å². The van der Waals surface area contributed by atoms with Crippen LogP contribution in [0, 0.1) is 13.8 Å². The zero-order valence-corrected chi connectivity index (χ0v) is 15.4. The molecule has 0 spiro atoms. The number of fused-ring (bicyclic) bond motifs is 1. The fraction of sp³-hybridized carbons (Fsp3) is 0.333. The molecule has 0 bridgehead atoms. The predicted octanol–water partition coefficient (Wildman–Crippen LogP) is 5.97. The number of anilines is 2. The lowest BCUT2D eigenvalue weighted by Gasteiger charge is -2.15. The second kappa shape index (κ2) is 8.44. The molecule has 0 fully saturated rings. The van der Waals surface area contributed by atoms with Crippen LogP contribution in [0.4, 0.5) is 11.5 Å². The molecule has 0 amide bonds. The van der Waals surface area contributed by atoms with E-state index in [1.165, 1.54) is 16.7 Å². The molecular formula is C21H27N3. The number of nitrogens with one attached hydrogen (secondary N) is 1. The van der Waals surface area contributed by atoms with Gasteiger partial charge in [-0.1, -0.05) is 45.4 Å². The van der Waals surface area contributed by atoms with E-state index in [0.717, 1.165) is 35.2 Å². The highest BCUT2D eigenvalue weighted by atomic mass is 15.0. The Bertz CT molecular complexity index is 795. The summed E-state index contributed by atoms with van der Waals surface area (Å²) in [6.07, 6.45) is 3.87. The van der Waals surface area contributed by atoms with Gasteiger partial charge in [0.15, 0.2) is 0 Å². The molecule has 3 nitrogen and oxygen atoms in total. The average molecular weight is 321 g/mol. The van der Waals surface area contributed by atoms with Crippen molar-refractivity contribution in [3.63, 3.8) is 0 Å². The van der Waals surface area contributed by atoms with Gasteiger partial charge in [-0.05, 0) is 55.2 Å². The van der Waals surface area contributed by atoms with Crippen molar-refractivity contribution in [3.8, 4) is 0 Å². The van der Waals surface area contributed by atoms with E-state index in [2.05, 4.69) is 42.1 Å². The van der Waals surface area contributed by atoms with Gasteiger partial charge in [-0.25, -0.2) is 9.97 Å². The fourth-order valence-corrected chi connectivity index (χ4v) is 2.86. The Morgan fingerprint density at radius 3 is 2.33 bits per heavy atom. The molecule has 2 aromatic carbocycles. The van der Waals surface area contributed by atoms with E-state index in [1.807, 2.05) is 44.2 Å². The SMILES string of the molecule is CC.CCCc1cc2ncnc(Nc3ccccc3)c2c(C)c1C. The van der Waals surface area contributed by atoms with Crippen molar-refractivity contribution < 1.29 is 0 Å². The normalized spacial score (nSPS) is 10.2. The van der Waals surface area contributed by atoms with Crippen molar-refractivity contribution in [2.75, 3.05) is 5.32 Å². The smallest absolute Gasteiger partial charge is 0.141 e. The van der Waals surface area contributed by atoms with E-state index in [-0.39, 0.29) is 0 Å². The molecule has 3 heteroatoms. The minimum atomic E-state index is 0.875. The molecule has 0 atom stereocenters. The third-order valence-corrected chi connectivity index (χ3v) is 4.16. The maximum atomic E-state index is 4.48. The van der Waals surface area contributed by atoms with Gasteiger partial charge in [0.2, 0.25) is 0 Å². The lowest BCUT2D eigenvalue weighted by Crippen LogP contribution is -2.01. The van der Waals surface area contributed by atoms with Gasteiger partial charge in [-0.3, -0.25) is 0 Å². The van der Waals surface area contributed by atoms with Crippen LogP contribution in [-0.4, -0.2) is 9.97 Å². The van der Waals surface area contributed by atoms with Crippen molar-refractivity contribution in [1.29, 1.82) is 0 Å². The molecule has 0 aliphatic rings. The van der Waals surface area contributed by atoms with E-state index in [0.29, 0.717) is 0 Å². The van der Waals surface area contributed by atoms with E-state index in [9.17, 15) is 0 Å². The summed E-state index contributed by atoms with van der Waals surface area (Å²) in [5.74, 6) is 0.875. The Hall–Kier alpha value is -2.42. The van der Waals surface area contributed by atoms with Crippen molar-refractivity contribution in [2.24, 2.45) is 0 Å². The van der Waals surface area contributed by atoms with E-state index in [1.54, 1.807) is 6.33 Å². The quantitative estimate of drug-likeness (QED) is 0.643. The zero-order chi connectivity index (χ0) is 17.5. The molecule has 1 heterocycles. The minimum absolute atomic E-state index is 0.875. The second-order valence-electron chi connectivity index (χ2n) is 5.64. The number of benzene rings is 2. The van der Waals surface area contributed by atoms with Gasteiger partial charge in [-0.15, -0.1) is 0 Å². The highest BCUT2D eigenvalue weighted by Crippen LogP contribution is 2.30. The molecule has 126 valence electrons. The maximum Gasteiger partial charge on any atom is 0.141 e. The molecule has 0 unspecified atom stereocenters. The monoisotopic (exact) mass is 321 g/mol. The molecule has 24 heavy (non-hydrogen) atoms. The average Bonchev–Trinajstić information content (AvgIpc) is 2.62. The first kappa shape index (κ1) is 17.9. The minimum Gasteiger partial charge on any atom is -0.340 e. The first-order valence-electron chi connectivity index (χ1n) is 8.76. The first-order chi connectivity index (χ1) is 11.7. The van der Waals surface area contributed by atoms with Crippen LogP contribution in [0.1, 0.15) is 43.9 Å². The molecule has 3 rings (SSSR count). The van der Waals surface area contributed by atoms with Crippen LogP contribution in [0.3, 0.4) is 0 Å². The van der Waals surface area contributed by atoms with Crippen LogP contribution in [0.5, 0.6) is 0 Å². The molecule has 0 saturated heterocycles. The third kappa shape index (κ3) is 3.73. The molecule has 0 aliphatic heterocycles. The van der Waals surface area contributed by atoms with Gasteiger partial charge in [0.25, 0.3) is 0 Å². The van der Waals surface area contributed by atoms with Gasteiger partial charge < -0.3 is 5.32 Å². The van der Waals surface area contributed by atoms with Gasteiger partial charge in [0, 0.05) is 11.1 Å². The van der Waals surface area contributed by atoms with Crippen LogP contribution < -0.4 is 5.32 Å². The Morgan fingerprint density at radius 1 is 0.958 bits per heavy atom. The van der Waals surface area contributed by atoms with E-state index >= 15 is 0 Å². The topological polar surface area (TPSA) is 37.8 Å². The number of para-hydroxylation sites is 1. The number of aromatic nitrogens is 2. The number of hydrogen-bond acceptors (Lipinski definition) is 3. The Kier molecular flexibility index (Phi) is 6.30. The van der Waals surface area contributed by atoms with Crippen LogP contribution in [0.25, 0.3) is 10.9 Å². The van der Waals surface area contributed by atoms with E-state index < -0.39 is 0 Å². The molecule has 1 N–H and O–H groups in total. The van der Waals surface area contributed by atoms with Crippen LogP contribution in [0.15, 0.2) is 42.7 Å². The zero-order valence-electron chi connectivity index (χ0n) is 15.4. The summed E-state index contributed by atoms with van der Waals surface area (Å²) in [4.78, 5) is 8.93. The number of nitrogens with zero attached hydrogens (tertiary/aromatic N) is 2. The van der Waals surface area contributed by atoms with Crippen LogP contribution in [-0.2, 0) is 6.42 Å². The Balaban J connectivity index is 0.00000100. The predicted molar refractivity (Wildman–Crippen MR) is 104 cm³/mol. The fourth-order valence-electron chi connectivity index (χ4n) is 2.86. The molecule has 0 aliphatic carbocycles. The standard InChI is InChI=1S/C19H21N3.C2H6/c1-4-8-15-11-17-18(14(3)13(15)2)19(21-12-20-17)22-16-9-6-5-7-10-16;1-2/h5-7,9-12H,4,8H2,1-3H3,(H,20,21,22);1-2H3. The number of rotatable bonds is 4. The summed E-state index contributed by atoms with van der Waals surface area (Å²) in [6.45, 7) is 10.6. The largest absolute Gasteiger partial charge is 0.340 e. The highest BCUT2D eigenvalue weighted by molar-refractivity contribution is 5.94. The first-order valence-corrected chi connectivity index (χ1v) is 8.76. The second-order valence-corrected chi connectivity index (χ2v) is 5.64. The molecule has 3 aromatic rings. The molecule has 0 radical (unpaired) electrons. The lowest BCUT2D eigenvalue weighted by atomic mass is 9.96. The van der Waals surface area contributed by atoms with Crippen LogP contribution >= 0.6 is 0 Å². The number of aryl methyl sites for hydroxylation is 2. The summed E-state index contributed by atoms with van der Waals surface area (Å²) < 4.78 is 0. The summed E-state index contributed by atoms with van der Waals surface area (Å²) in [5.41, 5.74) is 6.05. The third-order valence-electron chi connectivity index (χ3n) is 4.16. The van der Waals surface area contributed by atoms with Gasteiger partial charge >= 0.3 is 0 Å². The molecule has 0 saturated carbocycles. The summed E-state index contributed by atoms with van der Waals surface area (Å²) in [7, 11) is 0. The van der Waals surface area contributed by atoms with Crippen LogP contribution in [0.2, 0.25) is 0 Å². The van der Waals surface area contributed by atoms with Crippen molar-refractivity contribution in [2.45, 2.75) is 47.5 Å². The van der Waals surface area contributed by atoms with Gasteiger partial charge in [0.05, 0.1) is 5.52 Å². The summed E-state index contributed by atoms with van der Waals surface area (Å²) >= 11 is 0. The van der Waals surface area contributed by atoms with Gasteiger partial charge in [-0.2, -0.15) is 0 Å². The van der Waals surface area contributed by atoms with E-state index in [4.69, 9.17) is 0 Å². The lowest BCUT2D eigenvalue weighted by molar-refractivity contribution is 0.911. The van der Waals surface area contributed by atoms with Crippen molar-refractivity contribution in [3.05, 3.63) is 59.4 Å². The van der Waals surface area contributed by atoms with Gasteiger partial charge in [0.1, 0.15) is 12.1 Å². The number of hydrogen-bond donors (Lipinski definition) is 1. The summed E-state index contributed by atoms with van der Waals surface area (Å²) in [5, 5.41) is 4.53. The maximum absolute atomic E-state index is 4.48.